The molecule has 92 valence electrons. The third-order valence-corrected chi connectivity index (χ3v) is 3.33. The smallest absolute Gasteiger partial charge is 0.198 e. The quantitative estimate of drug-likeness (QED) is 0.811. The van der Waals surface area contributed by atoms with E-state index >= 15 is 0 Å². The highest BCUT2D eigenvalue weighted by Crippen LogP contribution is 2.36. The summed E-state index contributed by atoms with van der Waals surface area (Å²) in [6.45, 7) is 2.46. The maximum Gasteiger partial charge on any atom is 0.198 e. The summed E-state index contributed by atoms with van der Waals surface area (Å²) in [5, 5.41) is 0. The molecule has 0 atom stereocenters. The van der Waals surface area contributed by atoms with Gasteiger partial charge in [0, 0.05) is 12.8 Å². The predicted octanol–water partition coefficient (Wildman–Crippen LogP) is 2.20. The first-order chi connectivity index (χ1) is 8.19. The zero-order valence-corrected chi connectivity index (χ0v) is 10.1. The van der Waals surface area contributed by atoms with Crippen LogP contribution in [0.1, 0.15) is 43.0 Å². The molecule has 1 saturated carbocycles. The summed E-state index contributed by atoms with van der Waals surface area (Å²) in [6.07, 6.45) is 5.23. The van der Waals surface area contributed by atoms with E-state index < -0.39 is 5.60 Å². The molecule has 1 heterocycles. The van der Waals surface area contributed by atoms with Gasteiger partial charge in [-0.1, -0.05) is 0 Å². The number of pyridine rings is 1. The third-order valence-electron chi connectivity index (χ3n) is 3.33. The molecule has 0 aromatic carbocycles. The number of hydrogen-bond acceptors (Lipinski definition) is 4. The Hall–Kier alpha value is -1.42. The van der Waals surface area contributed by atoms with Gasteiger partial charge in [-0.2, -0.15) is 0 Å². The molecule has 0 radical (unpaired) electrons. The SMILES string of the molecule is CCOC1(C(=O)c2cccnc2N)CCCC1. The molecule has 0 spiro atoms. The highest BCUT2D eigenvalue weighted by molar-refractivity contribution is 6.05. The van der Waals surface area contributed by atoms with Crippen molar-refractivity contribution in [1.82, 2.24) is 4.98 Å². The lowest BCUT2D eigenvalue weighted by atomic mass is 9.91. The highest BCUT2D eigenvalue weighted by Gasteiger charge is 2.42. The first kappa shape index (κ1) is 12.0. The van der Waals surface area contributed by atoms with Crippen LogP contribution in [0.15, 0.2) is 18.3 Å². The van der Waals surface area contributed by atoms with Crippen LogP contribution in [0, 0.1) is 0 Å². The van der Waals surface area contributed by atoms with Crippen molar-refractivity contribution in [3.05, 3.63) is 23.9 Å². The number of Topliss-reactive ketones (excluding diaryl/α,β-unsaturated/α-hetero) is 1. The standard InChI is InChI=1S/C13H18N2O2/c1-2-17-13(7-3-4-8-13)11(16)10-6-5-9-15-12(10)14/h5-6,9H,2-4,7-8H2,1H3,(H2,14,15). The maximum absolute atomic E-state index is 12.5. The number of carbonyl (C=O) groups excluding carboxylic acids is 1. The number of ether oxygens (including phenoxy) is 1. The Morgan fingerprint density at radius 3 is 2.82 bits per heavy atom. The second-order valence-corrected chi connectivity index (χ2v) is 4.40. The number of anilines is 1. The summed E-state index contributed by atoms with van der Waals surface area (Å²) in [5.41, 5.74) is 5.58. The number of nitrogen functional groups attached to an aromatic ring is 1. The van der Waals surface area contributed by atoms with Crippen LogP contribution in [-0.4, -0.2) is 23.0 Å². The minimum absolute atomic E-state index is 0.0116. The van der Waals surface area contributed by atoms with Gasteiger partial charge in [0.25, 0.3) is 0 Å². The van der Waals surface area contributed by atoms with E-state index in [0.717, 1.165) is 25.7 Å². The summed E-state index contributed by atoms with van der Waals surface area (Å²) >= 11 is 0. The molecule has 4 heteroatoms. The molecule has 1 aromatic heterocycles. The van der Waals surface area contributed by atoms with Gasteiger partial charge in [0.05, 0.1) is 5.56 Å². The molecule has 0 amide bonds. The van der Waals surface area contributed by atoms with E-state index in [4.69, 9.17) is 10.5 Å². The first-order valence-electron chi connectivity index (χ1n) is 6.09. The van der Waals surface area contributed by atoms with E-state index in [1.807, 2.05) is 6.92 Å². The number of aromatic nitrogens is 1. The maximum atomic E-state index is 12.5. The first-order valence-corrected chi connectivity index (χ1v) is 6.09. The minimum atomic E-state index is -0.661. The molecule has 0 aliphatic heterocycles. The number of hydrogen-bond donors (Lipinski definition) is 1. The third kappa shape index (κ3) is 2.17. The molecule has 0 saturated heterocycles. The molecule has 2 N–H and O–H groups in total. The number of ketones is 1. The van der Waals surface area contributed by atoms with Crippen molar-refractivity contribution in [3.63, 3.8) is 0 Å². The van der Waals surface area contributed by atoms with Crippen LogP contribution < -0.4 is 5.73 Å². The molecule has 1 fully saturated rings. The predicted molar refractivity (Wildman–Crippen MR) is 65.8 cm³/mol. The summed E-state index contributed by atoms with van der Waals surface area (Å²) in [7, 11) is 0. The fourth-order valence-corrected chi connectivity index (χ4v) is 2.51. The van der Waals surface area contributed by atoms with Crippen molar-refractivity contribution >= 4 is 11.6 Å². The molecular weight excluding hydrogens is 216 g/mol. The normalized spacial score (nSPS) is 18.2. The van der Waals surface area contributed by atoms with E-state index in [2.05, 4.69) is 4.98 Å². The second kappa shape index (κ2) is 4.84. The lowest BCUT2D eigenvalue weighted by Crippen LogP contribution is -2.39. The van der Waals surface area contributed by atoms with Gasteiger partial charge in [-0.15, -0.1) is 0 Å². The average Bonchev–Trinajstić information content (AvgIpc) is 2.79. The van der Waals surface area contributed by atoms with Crippen molar-refractivity contribution in [2.75, 3.05) is 12.3 Å². The second-order valence-electron chi connectivity index (χ2n) is 4.40. The zero-order chi connectivity index (χ0) is 12.3. The van der Waals surface area contributed by atoms with Gasteiger partial charge in [-0.25, -0.2) is 4.98 Å². The number of nitrogens with two attached hydrogens (primary N) is 1. The van der Waals surface area contributed by atoms with Crippen molar-refractivity contribution in [2.24, 2.45) is 0 Å². The number of carbonyl (C=O) groups is 1. The Balaban J connectivity index is 2.32. The summed E-state index contributed by atoms with van der Waals surface area (Å²) in [5.74, 6) is 0.283. The molecule has 17 heavy (non-hydrogen) atoms. The van der Waals surface area contributed by atoms with Gasteiger partial charge in [-0.3, -0.25) is 4.79 Å². The molecule has 4 nitrogen and oxygen atoms in total. The van der Waals surface area contributed by atoms with E-state index in [9.17, 15) is 4.79 Å². The zero-order valence-electron chi connectivity index (χ0n) is 10.1. The van der Waals surface area contributed by atoms with E-state index in [-0.39, 0.29) is 5.78 Å². The van der Waals surface area contributed by atoms with Crippen LogP contribution in [-0.2, 0) is 4.74 Å². The topological polar surface area (TPSA) is 65.2 Å². The van der Waals surface area contributed by atoms with Crippen LogP contribution in [0.4, 0.5) is 5.82 Å². The average molecular weight is 234 g/mol. The Kier molecular flexibility index (Phi) is 3.43. The highest BCUT2D eigenvalue weighted by atomic mass is 16.5. The largest absolute Gasteiger partial charge is 0.383 e. The van der Waals surface area contributed by atoms with Gasteiger partial charge < -0.3 is 10.5 Å². The molecule has 0 unspecified atom stereocenters. The van der Waals surface area contributed by atoms with E-state index in [0.29, 0.717) is 18.0 Å². The van der Waals surface area contributed by atoms with Crippen LogP contribution in [0.3, 0.4) is 0 Å². The Bertz CT molecular complexity index is 412. The molecule has 0 bridgehead atoms. The van der Waals surface area contributed by atoms with E-state index in [1.54, 1.807) is 18.3 Å². The van der Waals surface area contributed by atoms with Gasteiger partial charge in [0.2, 0.25) is 0 Å². The summed E-state index contributed by atoms with van der Waals surface area (Å²) < 4.78 is 5.73. The van der Waals surface area contributed by atoms with Gasteiger partial charge in [-0.05, 0) is 44.7 Å². The Labute approximate surface area is 101 Å². The summed E-state index contributed by atoms with van der Waals surface area (Å²) in [6, 6.07) is 3.46. The van der Waals surface area contributed by atoms with Crippen LogP contribution in [0.2, 0.25) is 0 Å². The Morgan fingerprint density at radius 1 is 1.53 bits per heavy atom. The lowest BCUT2D eigenvalue weighted by molar-refractivity contribution is -0.0163. The molecule has 1 aromatic rings. The molecule has 1 aliphatic rings. The van der Waals surface area contributed by atoms with Crippen LogP contribution in [0.5, 0.6) is 0 Å². The van der Waals surface area contributed by atoms with Gasteiger partial charge >= 0.3 is 0 Å². The van der Waals surface area contributed by atoms with E-state index in [1.165, 1.54) is 0 Å². The fraction of sp³-hybridized carbons (Fsp3) is 0.538. The van der Waals surface area contributed by atoms with Crippen molar-refractivity contribution in [3.8, 4) is 0 Å². The van der Waals surface area contributed by atoms with Crippen LogP contribution >= 0.6 is 0 Å². The van der Waals surface area contributed by atoms with Crippen molar-refractivity contribution in [1.29, 1.82) is 0 Å². The fourth-order valence-electron chi connectivity index (χ4n) is 2.51. The number of nitrogens with zero attached hydrogens (tertiary/aromatic N) is 1. The summed E-state index contributed by atoms with van der Waals surface area (Å²) in [4.78, 5) is 16.5. The molecule has 1 aliphatic carbocycles. The van der Waals surface area contributed by atoms with Crippen molar-refractivity contribution < 1.29 is 9.53 Å². The molecular formula is C13H18N2O2. The monoisotopic (exact) mass is 234 g/mol. The Morgan fingerprint density at radius 2 is 2.24 bits per heavy atom. The van der Waals surface area contributed by atoms with Crippen LogP contribution in [0.25, 0.3) is 0 Å². The van der Waals surface area contributed by atoms with Gasteiger partial charge in [0.1, 0.15) is 11.4 Å². The number of rotatable bonds is 4. The minimum Gasteiger partial charge on any atom is -0.383 e. The van der Waals surface area contributed by atoms with Gasteiger partial charge in [0.15, 0.2) is 5.78 Å². The van der Waals surface area contributed by atoms with Crippen molar-refractivity contribution in [2.45, 2.75) is 38.2 Å². The lowest BCUT2D eigenvalue weighted by Gasteiger charge is -2.27. The molecule has 2 rings (SSSR count).